The van der Waals surface area contributed by atoms with Crippen molar-refractivity contribution in [2.75, 3.05) is 7.11 Å². The molecule has 1 N–H and O–H groups in total. The number of aryl methyl sites for hydroxylation is 1. The summed E-state index contributed by atoms with van der Waals surface area (Å²) in [7, 11) is 3.50. The molecular weight excluding hydrogens is 316 g/mol. The molecule has 0 bridgehead atoms. The second-order valence-electron chi connectivity index (χ2n) is 5.79. The molecule has 25 heavy (non-hydrogen) atoms. The smallest absolute Gasteiger partial charge is 0.224 e. The van der Waals surface area contributed by atoms with Gasteiger partial charge in [0, 0.05) is 43.3 Å². The molecule has 0 radical (unpaired) electrons. The number of nitrogens with one attached hydrogen (secondary N) is 1. The summed E-state index contributed by atoms with van der Waals surface area (Å²) in [4.78, 5) is 16.4. The molecule has 6 nitrogen and oxygen atoms in total. The first-order valence-electron chi connectivity index (χ1n) is 7.96. The predicted molar refractivity (Wildman–Crippen MR) is 95.0 cm³/mol. The highest BCUT2D eigenvalue weighted by molar-refractivity contribution is 5.78. The van der Waals surface area contributed by atoms with Crippen molar-refractivity contribution in [2.45, 2.75) is 13.0 Å². The maximum Gasteiger partial charge on any atom is 0.224 e. The van der Waals surface area contributed by atoms with Crippen LogP contribution in [0.5, 0.6) is 5.75 Å². The Morgan fingerprint density at radius 2 is 1.92 bits per heavy atom. The summed E-state index contributed by atoms with van der Waals surface area (Å²) in [6, 6.07) is 9.50. The van der Waals surface area contributed by atoms with E-state index in [0.29, 0.717) is 13.0 Å². The molecule has 0 saturated heterocycles. The lowest BCUT2D eigenvalue weighted by atomic mass is 10.1. The Bertz CT molecular complexity index is 856. The van der Waals surface area contributed by atoms with Gasteiger partial charge >= 0.3 is 0 Å². The Hall–Kier alpha value is -3.15. The Morgan fingerprint density at radius 3 is 2.60 bits per heavy atom. The monoisotopic (exact) mass is 336 g/mol. The van der Waals surface area contributed by atoms with Crippen LogP contribution < -0.4 is 10.1 Å². The maximum atomic E-state index is 12.1. The number of pyridine rings is 1. The van der Waals surface area contributed by atoms with Gasteiger partial charge in [0.25, 0.3) is 0 Å². The summed E-state index contributed by atoms with van der Waals surface area (Å²) in [6.45, 7) is 0.441. The number of hydrogen-bond donors (Lipinski definition) is 1. The van der Waals surface area contributed by atoms with Crippen molar-refractivity contribution >= 4 is 5.91 Å². The van der Waals surface area contributed by atoms with Crippen LogP contribution in [0, 0.1) is 0 Å². The van der Waals surface area contributed by atoms with Crippen molar-refractivity contribution in [3.8, 4) is 16.9 Å². The van der Waals surface area contributed by atoms with Gasteiger partial charge in [0.1, 0.15) is 5.75 Å². The standard InChI is InChI=1S/C19H20N4O2/c1-23-13-17(12-22-23)16-7-15(9-20-11-16)10-21-19(24)8-14-3-5-18(25-2)6-4-14/h3-7,9,11-13H,8,10H2,1-2H3,(H,21,24). The quantitative estimate of drug-likeness (QED) is 0.750. The molecule has 1 aromatic carbocycles. The van der Waals surface area contributed by atoms with Crippen molar-refractivity contribution in [3.05, 3.63) is 66.2 Å². The van der Waals surface area contributed by atoms with E-state index >= 15 is 0 Å². The molecule has 0 aliphatic rings. The lowest BCUT2D eigenvalue weighted by Gasteiger charge is -2.07. The number of aromatic nitrogens is 3. The number of ether oxygens (including phenoxy) is 1. The van der Waals surface area contributed by atoms with E-state index < -0.39 is 0 Å². The molecule has 0 unspecified atom stereocenters. The van der Waals surface area contributed by atoms with E-state index in [2.05, 4.69) is 15.4 Å². The van der Waals surface area contributed by atoms with Crippen LogP contribution in [-0.4, -0.2) is 27.8 Å². The van der Waals surface area contributed by atoms with Crippen molar-refractivity contribution in [1.29, 1.82) is 0 Å². The van der Waals surface area contributed by atoms with Gasteiger partial charge in [0.2, 0.25) is 5.91 Å². The SMILES string of the molecule is COc1ccc(CC(=O)NCc2cncc(-c3cnn(C)c3)c2)cc1. The van der Waals surface area contributed by atoms with Crippen LogP contribution in [0.25, 0.3) is 11.1 Å². The number of hydrogen-bond acceptors (Lipinski definition) is 4. The lowest BCUT2D eigenvalue weighted by molar-refractivity contribution is -0.120. The zero-order valence-electron chi connectivity index (χ0n) is 14.3. The van der Waals surface area contributed by atoms with Crippen molar-refractivity contribution < 1.29 is 9.53 Å². The normalized spacial score (nSPS) is 10.5. The predicted octanol–water partition coefficient (Wildman–Crippen LogP) is 2.35. The van der Waals surface area contributed by atoms with Gasteiger partial charge in [-0.3, -0.25) is 14.5 Å². The Balaban J connectivity index is 1.58. The molecule has 0 fully saturated rings. The molecule has 1 amide bonds. The van der Waals surface area contributed by atoms with Crippen molar-refractivity contribution in [3.63, 3.8) is 0 Å². The van der Waals surface area contributed by atoms with Gasteiger partial charge in [-0.1, -0.05) is 12.1 Å². The molecular formula is C19H20N4O2. The third-order valence-electron chi connectivity index (χ3n) is 3.85. The number of carbonyl (C=O) groups excluding carboxylic acids is 1. The second-order valence-corrected chi connectivity index (χ2v) is 5.79. The van der Waals surface area contributed by atoms with E-state index in [0.717, 1.165) is 28.0 Å². The lowest BCUT2D eigenvalue weighted by Crippen LogP contribution is -2.24. The first kappa shape index (κ1) is 16.7. The van der Waals surface area contributed by atoms with E-state index in [1.165, 1.54) is 0 Å². The van der Waals surface area contributed by atoms with Crippen LogP contribution >= 0.6 is 0 Å². The van der Waals surface area contributed by atoms with Crippen LogP contribution in [0.3, 0.4) is 0 Å². The van der Waals surface area contributed by atoms with Gasteiger partial charge in [0.05, 0.1) is 19.7 Å². The summed E-state index contributed by atoms with van der Waals surface area (Å²) in [5.41, 5.74) is 3.88. The Labute approximate surface area is 146 Å². The molecule has 0 atom stereocenters. The highest BCUT2D eigenvalue weighted by Crippen LogP contribution is 2.18. The summed E-state index contributed by atoms with van der Waals surface area (Å²) in [5.74, 6) is 0.749. The zero-order chi connectivity index (χ0) is 17.6. The summed E-state index contributed by atoms with van der Waals surface area (Å²) in [6.07, 6.45) is 7.61. The molecule has 3 aromatic rings. The number of rotatable bonds is 6. The number of benzene rings is 1. The minimum absolute atomic E-state index is 0.0306. The largest absolute Gasteiger partial charge is 0.497 e. The van der Waals surface area contributed by atoms with E-state index in [-0.39, 0.29) is 5.91 Å². The molecule has 0 saturated carbocycles. The number of nitrogens with zero attached hydrogens (tertiary/aromatic N) is 3. The van der Waals surface area contributed by atoms with Crippen molar-refractivity contribution in [1.82, 2.24) is 20.1 Å². The summed E-state index contributed by atoms with van der Waals surface area (Å²) in [5, 5.41) is 7.10. The molecule has 3 rings (SSSR count). The number of carbonyl (C=O) groups is 1. The van der Waals surface area contributed by atoms with Crippen LogP contribution in [0.4, 0.5) is 0 Å². The van der Waals surface area contributed by atoms with E-state index in [1.54, 1.807) is 30.4 Å². The molecule has 0 spiro atoms. The zero-order valence-corrected chi connectivity index (χ0v) is 14.3. The van der Waals surface area contributed by atoms with Gasteiger partial charge in [-0.2, -0.15) is 5.10 Å². The van der Waals surface area contributed by atoms with Gasteiger partial charge in [-0.15, -0.1) is 0 Å². The van der Waals surface area contributed by atoms with Gasteiger partial charge < -0.3 is 10.1 Å². The average Bonchev–Trinajstić information content (AvgIpc) is 3.07. The van der Waals surface area contributed by atoms with Crippen LogP contribution in [-0.2, 0) is 24.8 Å². The number of methoxy groups -OCH3 is 1. The van der Waals surface area contributed by atoms with Gasteiger partial charge in [0.15, 0.2) is 0 Å². The Morgan fingerprint density at radius 1 is 1.12 bits per heavy atom. The number of amides is 1. The van der Waals surface area contributed by atoms with Crippen LogP contribution in [0.2, 0.25) is 0 Å². The van der Waals surface area contributed by atoms with E-state index in [1.807, 2.05) is 43.6 Å². The maximum absolute atomic E-state index is 12.1. The molecule has 2 aromatic heterocycles. The molecule has 0 aliphatic heterocycles. The average molecular weight is 336 g/mol. The first-order valence-corrected chi connectivity index (χ1v) is 7.96. The van der Waals surface area contributed by atoms with Crippen LogP contribution in [0.1, 0.15) is 11.1 Å². The Kier molecular flexibility index (Phi) is 5.09. The molecule has 128 valence electrons. The summed E-state index contributed by atoms with van der Waals surface area (Å²) >= 11 is 0. The minimum Gasteiger partial charge on any atom is -0.497 e. The molecule has 2 heterocycles. The topological polar surface area (TPSA) is 69.0 Å². The van der Waals surface area contributed by atoms with Gasteiger partial charge in [-0.25, -0.2) is 0 Å². The molecule has 0 aliphatic carbocycles. The fourth-order valence-corrected chi connectivity index (χ4v) is 2.50. The summed E-state index contributed by atoms with van der Waals surface area (Å²) < 4.78 is 6.86. The first-order chi connectivity index (χ1) is 12.1. The van der Waals surface area contributed by atoms with E-state index in [9.17, 15) is 4.79 Å². The van der Waals surface area contributed by atoms with Crippen molar-refractivity contribution in [2.24, 2.45) is 7.05 Å². The minimum atomic E-state index is -0.0306. The fourth-order valence-electron chi connectivity index (χ4n) is 2.50. The highest BCUT2D eigenvalue weighted by atomic mass is 16.5. The van der Waals surface area contributed by atoms with E-state index in [4.69, 9.17) is 4.74 Å². The molecule has 6 heteroatoms. The van der Waals surface area contributed by atoms with Crippen LogP contribution in [0.15, 0.2) is 55.1 Å². The third-order valence-corrected chi connectivity index (χ3v) is 3.85. The third kappa shape index (κ3) is 4.44. The second kappa shape index (κ2) is 7.61. The fraction of sp³-hybridized carbons (Fsp3) is 0.211. The van der Waals surface area contributed by atoms with Gasteiger partial charge in [-0.05, 0) is 29.3 Å². The highest BCUT2D eigenvalue weighted by Gasteiger charge is 2.06.